The second kappa shape index (κ2) is 8.56. The van der Waals surface area contributed by atoms with E-state index in [1.165, 1.54) is 4.31 Å². The van der Waals surface area contributed by atoms with Gasteiger partial charge >= 0.3 is 0 Å². The smallest absolute Gasteiger partial charge is 0.232 e. The number of hydrogen-bond acceptors (Lipinski definition) is 3. The molecule has 0 unspecified atom stereocenters. The largest absolute Gasteiger partial charge is 0.352 e. The summed E-state index contributed by atoms with van der Waals surface area (Å²) in [5.41, 5.74) is 3.29. The Morgan fingerprint density at radius 3 is 2.46 bits per heavy atom. The summed E-state index contributed by atoms with van der Waals surface area (Å²) in [4.78, 5) is 12.2. The Labute approximate surface area is 160 Å². The van der Waals surface area contributed by atoms with Crippen molar-refractivity contribution in [1.82, 2.24) is 5.32 Å². The van der Waals surface area contributed by atoms with Crippen LogP contribution in [0.4, 0.5) is 5.69 Å². The molecule has 0 spiro atoms. The van der Waals surface area contributed by atoms with Crippen LogP contribution in [-0.4, -0.2) is 27.1 Å². The van der Waals surface area contributed by atoms with E-state index < -0.39 is 10.0 Å². The topological polar surface area (TPSA) is 66.5 Å². The molecule has 0 heterocycles. The molecule has 1 N–H and O–H groups in total. The molecule has 0 radical (unpaired) electrons. The Morgan fingerprint density at radius 1 is 1.12 bits per heavy atom. The van der Waals surface area contributed by atoms with E-state index >= 15 is 0 Å². The molecule has 140 valence electrons. The van der Waals surface area contributed by atoms with E-state index in [0.717, 1.165) is 17.4 Å². The zero-order valence-corrected chi connectivity index (χ0v) is 16.7. The van der Waals surface area contributed by atoms with Gasteiger partial charge in [0.15, 0.2) is 0 Å². The summed E-state index contributed by atoms with van der Waals surface area (Å²) < 4.78 is 25.6. The first-order valence-corrected chi connectivity index (χ1v) is 10.5. The van der Waals surface area contributed by atoms with Crippen LogP contribution in [0, 0.1) is 13.8 Å². The molecule has 0 atom stereocenters. The third kappa shape index (κ3) is 5.22. The van der Waals surface area contributed by atoms with Crippen LogP contribution in [-0.2, 0) is 21.4 Å². The summed E-state index contributed by atoms with van der Waals surface area (Å²) in [7, 11) is -3.53. The highest BCUT2D eigenvalue weighted by molar-refractivity contribution is 7.92. The first kappa shape index (κ1) is 20.3. The van der Waals surface area contributed by atoms with Crippen molar-refractivity contribution >= 4 is 33.2 Å². The second-order valence-corrected chi connectivity index (χ2v) is 8.49. The van der Waals surface area contributed by atoms with E-state index in [0.29, 0.717) is 22.8 Å². The van der Waals surface area contributed by atoms with Crippen molar-refractivity contribution in [3.8, 4) is 0 Å². The maximum Gasteiger partial charge on any atom is 0.232 e. The van der Waals surface area contributed by atoms with Crippen LogP contribution >= 0.6 is 11.6 Å². The van der Waals surface area contributed by atoms with Gasteiger partial charge in [-0.2, -0.15) is 0 Å². The lowest BCUT2D eigenvalue weighted by Crippen LogP contribution is -2.35. The predicted octanol–water partition coefficient (Wildman–Crippen LogP) is 3.43. The van der Waals surface area contributed by atoms with Gasteiger partial charge in [-0.1, -0.05) is 41.9 Å². The lowest BCUT2D eigenvalue weighted by atomic mass is 10.1. The van der Waals surface area contributed by atoms with Crippen molar-refractivity contribution in [3.05, 3.63) is 64.2 Å². The van der Waals surface area contributed by atoms with Gasteiger partial charge in [0.05, 0.1) is 11.9 Å². The molecule has 5 nitrogen and oxygen atoms in total. The number of halogens is 1. The monoisotopic (exact) mass is 394 g/mol. The molecular weight excluding hydrogens is 372 g/mol. The highest BCUT2D eigenvalue weighted by Gasteiger charge is 2.21. The molecule has 26 heavy (non-hydrogen) atoms. The number of carbonyl (C=O) groups excluding carboxylic acids is 1. The molecule has 0 aliphatic rings. The summed E-state index contributed by atoms with van der Waals surface area (Å²) in [6, 6.07) is 12.9. The van der Waals surface area contributed by atoms with Crippen molar-refractivity contribution in [3.63, 3.8) is 0 Å². The molecule has 0 aliphatic heterocycles. The SMILES string of the molecule is Cc1ccccc1CNC(=O)CCN(c1cccc(Cl)c1C)S(C)(=O)=O. The summed E-state index contributed by atoms with van der Waals surface area (Å²) in [5.74, 6) is -0.207. The molecule has 2 aromatic carbocycles. The van der Waals surface area contributed by atoms with Gasteiger partial charge in [-0.25, -0.2) is 8.42 Å². The molecular formula is C19H23ClN2O3S. The maximum atomic E-state index is 12.2. The Balaban J connectivity index is 2.05. The number of nitrogens with zero attached hydrogens (tertiary/aromatic N) is 1. The molecule has 2 rings (SSSR count). The van der Waals surface area contributed by atoms with Gasteiger partial charge in [-0.15, -0.1) is 0 Å². The van der Waals surface area contributed by atoms with Crippen LogP contribution in [0.3, 0.4) is 0 Å². The number of amides is 1. The van der Waals surface area contributed by atoms with Crippen molar-refractivity contribution in [2.75, 3.05) is 17.1 Å². The number of hydrogen-bond donors (Lipinski definition) is 1. The van der Waals surface area contributed by atoms with E-state index in [4.69, 9.17) is 11.6 Å². The molecule has 0 saturated carbocycles. The average Bonchev–Trinajstić information content (AvgIpc) is 2.57. The van der Waals surface area contributed by atoms with Crippen molar-refractivity contribution in [1.29, 1.82) is 0 Å². The average molecular weight is 395 g/mol. The summed E-state index contributed by atoms with van der Waals surface area (Å²) in [5, 5.41) is 3.32. The molecule has 2 aromatic rings. The van der Waals surface area contributed by atoms with Gasteiger partial charge in [0, 0.05) is 24.5 Å². The van der Waals surface area contributed by atoms with Gasteiger partial charge in [0.1, 0.15) is 0 Å². The van der Waals surface area contributed by atoms with Gasteiger partial charge in [-0.05, 0) is 42.7 Å². The quantitative estimate of drug-likeness (QED) is 0.782. The number of sulfonamides is 1. The molecule has 0 bridgehead atoms. The van der Waals surface area contributed by atoms with E-state index in [1.807, 2.05) is 31.2 Å². The number of carbonyl (C=O) groups is 1. The minimum Gasteiger partial charge on any atom is -0.352 e. The zero-order chi connectivity index (χ0) is 19.3. The Hall–Kier alpha value is -2.05. The van der Waals surface area contributed by atoms with Gasteiger partial charge < -0.3 is 5.32 Å². The fraction of sp³-hybridized carbons (Fsp3) is 0.316. The van der Waals surface area contributed by atoms with Crippen molar-refractivity contribution in [2.24, 2.45) is 0 Å². The lowest BCUT2D eigenvalue weighted by molar-refractivity contribution is -0.121. The Kier molecular flexibility index (Phi) is 6.67. The zero-order valence-electron chi connectivity index (χ0n) is 15.1. The summed E-state index contributed by atoms with van der Waals surface area (Å²) in [6.07, 6.45) is 1.18. The number of rotatable bonds is 7. The first-order valence-electron chi connectivity index (χ1n) is 8.24. The van der Waals surface area contributed by atoms with Crippen molar-refractivity contribution in [2.45, 2.75) is 26.8 Å². The van der Waals surface area contributed by atoms with E-state index in [9.17, 15) is 13.2 Å². The number of nitrogens with one attached hydrogen (secondary N) is 1. The van der Waals surface area contributed by atoms with Crippen LogP contribution in [0.2, 0.25) is 5.02 Å². The molecule has 0 aromatic heterocycles. The van der Waals surface area contributed by atoms with E-state index in [1.54, 1.807) is 25.1 Å². The highest BCUT2D eigenvalue weighted by Crippen LogP contribution is 2.28. The Bertz CT molecular complexity index is 897. The van der Waals surface area contributed by atoms with Crippen molar-refractivity contribution < 1.29 is 13.2 Å². The fourth-order valence-corrected chi connectivity index (χ4v) is 3.77. The van der Waals surface area contributed by atoms with Crippen LogP contribution in [0.25, 0.3) is 0 Å². The van der Waals surface area contributed by atoms with Crippen LogP contribution in [0.1, 0.15) is 23.1 Å². The maximum absolute atomic E-state index is 12.2. The van der Waals surface area contributed by atoms with E-state index in [2.05, 4.69) is 5.32 Å². The highest BCUT2D eigenvalue weighted by atomic mass is 35.5. The summed E-state index contributed by atoms with van der Waals surface area (Å²) in [6.45, 7) is 4.21. The standard InChI is InChI=1S/C19H23ClN2O3S/c1-14-7-4-5-8-16(14)13-21-19(23)11-12-22(26(3,24)25)18-10-6-9-17(20)15(18)2/h4-10H,11-13H2,1-3H3,(H,21,23). The van der Waals surface area contributed by atoms with Crippen LogP contribution in [0.15, 0.2) is 42.5 Å². The molecule has 0 saturated heterocycles. The van der Waals surface area contributed by atoms with Gasteiger partial charge in [-0.3, -0.25) is 9.10 Å². The molecule has 7 heteroatoms. The molecule has 0 fully saturated rings. The summed E-state index contributed by atoms with van der Waals surface area (Å²) >= 11 is 6.10. The third-order valence-corrected chi connectivity index (χ3v) is 5.78. The Morgan fingerprint density at radius 2 is 1.81 bits per heavy atom. The lowest BCUT2D eigenvalue weighted by Gasteiger charge is -2.24. The number of anilines is 1. The third-order valence-electron chi connectivity index (χ3n) is 4.19. The van der Waals surface area contributed by atoms with Gasteiger partial charge in [0.25, 0.3) is 0 Å². The fourth-order valence-electron chi connectivity index (χ4n) is 2.62. The number of benzene rings is 2. The van der Waals surface area contributed by atoms with Crippen LogP contribution in [0.5, 0.6) is 0 Å². The second-order valence-electron chi connectivity index (χ2n) is 6.17. The minimum atomic E-state index is -3.53. The predicted molar refractivity (Wildman–Crippen MR) is 106 cm³/mol. The first-order chi connectivity index (χ1) is 12.2. The van der Waals surface area contributed by atoms with E-state index in [-0.39, 0.29) is 18.9 Å². The van der Waals surface area contributed by atoms with Crippen LogP contribution < -0.4 is 9.62 Å². The molecule has 0 aliphatic carbocycles. The van der Waals surface area contributed by atoms with Gasteiger partial charge in [0.2, 0.25) is 15.9 Å². The minimum absolute atomic E-state index is 0.0552. The molecule has 1 amide bonds. The number of aryl methyl sites for hydroxylation is 1. The normalized spacial score (nSPS) is 11.2.